The average molecular weight is 258 g/mol. The standard InChI is InChI=1S/C15H15FN2O/c1-10(11-5-4-6-12(16)9-11)18-15(19)13-7-2-3-8-14(13)17/h2-10H,17H2,1H3,(H,18,19)/t10-/m1/s1. The van der Waals surface area contributed by atoms with E-state index in [2.05, 4.69) is 5.32 Å². The van der Waals surface area contributed by atoms with Gasteiger partial charge in [0.2, 0.25) is 0 Å². The van der Waals surface area contributed by atoms with Crippen molar-refractivity contribution in [3.63, 3.8) is 0 Å². The molecule has 0 saturated heterocycles. The van der Waals surface area contributed by atoms with E-state index in [1.807, 2.05) is 0 Å². The van der Waals surface area contributed by atoms with Gasteiger partial charge < -0.3 is 11.1 Å². The van der Waals surface area contributed by atoms with Crippen LogP contribution >= 0.6 is 0 Å². The molecule has 2 aromatic carbocycles. The first-order valence-corrected chi connectivity index (χ1v) is 5.99. The molecule has 2 aromatic rings. The first-order valence-electron chi connectivity index (χ1n) is 5.99. The number of halogens is 1. The maximum atomic E-state index is 13.1. The molecule has 0 unspecified atom stereocenters. The van der Waals surface area contributed by atoms with E-state index in [4.69, 9.17) is 5.73 Å². The largest absolute Gasteiger partial charge is 0.398 e. The van der Waals surface area contributed by atoms with Gasteiger partial charge in [0, 0.05) is 5.69 Å². The fraction of sp³-hybridized carbons (Fsp3) is 0.133. The van der Waals surface area contributed by atoms with Crippen LogP contribution in [-0.2, 0) is 0 Å². The van der Waals surface area contributed by atoms with Crippen LogP contribution in [0.5, 0.6) is 0 Å². The lowest BCUT2D eigenvalue weighted by molar-refractivity contribution is 0.0940. The normalized spacial score (nSPS) is 11.9. The molecule has 1 amide bonds. The number of nitrogens with one attached hydrogen (secondary N) is 1. The zero-order valence-corrected chi connectivity index (χ0v) is 10.6. The minimum absolute atomic E-state index is 0.269. The van der Waals surface area contributed by atoms with Gasteiger partial charge >= 0.3 is 0 Å². The molecule has 3 nitrogen and oxygen atoms in total. The second-order valence-electron chi connectivity index (χ2n) is 4.34. The highest BCUT2D eigenvalue weighted by Gasteiger charge is 2.13. The summed E-state index contributed by atoms with van der Waals surface area (Å²) in [5, 5.41) is 2.79. The number of nitrogens with two attached hydrogens (primary N) is 1. The zero-order chi connectivity index (χ0) is 13.8. The lowest BCUT2D eigenvalue weighted by atomic mass is 10.1. The van der Waals surface area contributed by atoms with Gasteiger partial charge in [-0.1, -0.05) is 24.3 Å². The summed E-state index contributed by atoms with van der Waals surface area (Å²) in [6.45, 7) is 1.80. The minimum atomic E-state index is -0.321. The third kappa shape index (κ3) is 3.10. The van der Waals surface area contributed by atoms with Crippen LogP contribution in [-0.4, -0.2) is 5.91 Å². The summed E-state index contributed by atoms with van der Waals surface area (Å²) < 4.78 is 13.1. The Kier molecular flexibility index (Phi) is 3.80. The van der Waals surface area contributed by atoms with Gasteiger partial charge in [0.25, 0.3) is 5.91 Å². The van der Waals surface area contributed by atoms with Crippen LogP contribution < -0.4 is 11.1 Å². The minimum Gasteiger partial charge on any atom is -0.398 e. The molecular weight excluding hydrogens is 243 g/mol. The summed E-state index contributed by atoms with van der Waals surface area (Å²) in [5.41, 5.74) is 7.29. The molecule has 0 aromatic heterocycles. The molecule has 0 aliphatic rings. The Hall–Kier alpha value is -2.36. The smallest absolute Gasteiger partial charge is 0.253 e. The van der Waals surface area contributed by atoms with Gasteiger partial charge in [-0.25, -0.2) is 4.39 Å². The topological polar surface area (TPSA) is 55.1 Å². The summed E-state index contributed by atoms with van der Waals surface area (Å²) in [5.74, 6) is -0.590. The molecule has 0 radical (unpaired) electrons. The van der Waals surface area contributed by atoms with Crippen molar-refractivity contribution in [1.29, 1.82) is 0 Å². The number of carbonyl (C=O) groups is 1. The van der Waals surface area contributed by atoms with Gasteiger partial charge in [0.1, 0.15) is 5.82 Å². The molecule has 0 spiro atoms. The Morgan fingerprint density at radius 3 is 2.63 bits per heavy atom. The van der Waals surface area contributed by atoms with Gasteiger partial charge in [-0.15, -0.1) is 0 Å². The zero-order valence-electron chi connectivity index (χ0n) is 10.6. The SMILES string of the molecule is C[C@@H](NC(=O)c1ccccc1N)c1cccc(F)c1. The van der Waals surface area contributed by atoms with Crippen molar-refractivity contribution in [2.24, 2.45) is 0 Å². The number of anilines is 1. The number of amides is 1. The van der Waals surface area contributed by atoms with Crippen LogP contribution in [0.25, 0.3) is 0 Å². The van der Waals surface area contributed by atoms with Gasteiger partial charge in [0.15, 0.2) is 0 Å². The van der Waals surface area contributed by atoms with Crippen LogP contribution in [0, 0.1) is 5.82 Å². The third-order valence-electron chi connectivity index (χ3n) is 2.90. The molecule has 1 atom stereocenters. The Morgan fingerprint density at radius 1 is 1.21 bits per heavy atom. The fourth-order valence-corrected chi connectivity index (χ4v) is 1.84. The Labute approximate surface area is 111 Å². The highest BCUT2D eigenvalue weighted by atomic mass is 19.1. The van der Waals surface area contributed by atoms with E-state index < -0.39 is 0 Å². The first-order chi connectivity index (χ1) is 9.08. The number of carbonyl (C=O) groups excluding carboxylic acids is 1. The van der Waals surface area contributed by atoms with E-state index in [-0.39, 0.29) is 17.8 Å². The molecule has 2 rings (SSSR count). The van der Waals surface area contributed by atoms with Gasteiger partial charge in [-0.05, 0) is 36.8 Å². The van der Waals surface area contributed by atoms with Crippen LogP contribution in [0.15, 0.2) is 48.5 Å². The molecule has 0 aliphatic heterocycles. The summed E-state index contributed by atoms with van der Waals surface area (Å²) in [7, 11) is 0. The quantitative estimate of drug-likeness (QED) is 0.832. The molecule has 0 fully saturated rings. The molecule has 0 heterocycles. The van der Waals surface area contributed by atoms with Crippen LogP contribution in [0.2, 0.25) is 0 Å². The molecular formula is C15H15FN2O. The number of nitrogen functional groups attached to an aromatic ring is 1. The number of hydrogen-bond acceptors (Lipinski definition) is 2. The summed E-state index contributed by atoms with van der Waals surface area (Å²) >= 11 is 0. The van der Waals surface area contributed by atoms with E-state index >= 15 is 0 Å². The second kappa shape index (κ2) is 5.52. The highest BCUT2D eigenvalue weighted by molar-refractivity contribution is 5.99. The van der Waals surface area contributed by atoms with Crippen LogP contribution in [0.1, 0.15) is 28.9 Å². The molecule has 19 heavy (non-hydrogen) atoms. The van der Waals surface area contributed by atoms with Crippen LogP contribution in [0.3, 0.4) is 0 Å². The lowest BCUT2D eigenvalue weighted by Gasteiger charge is -2.15. The number of rotatable bonds is 3. The van der Waals surface area contributed by atoms with Crippen molar-refractivity contribution in [2.75, 3.05) is 5.73 Å². The highest BCUT2D eigenvalue weighted by Crippen LogP contribution is 2.16. The Bertz CT molecular complexity index is 598. The van der Waals surface area contributed by atoms with Crippen molar-refractivity contribution in [2.45, 2.75) is 13.0 Å². The molecule has 0 bridgehead atoms. The van der Waals surface area contributed by atoms with Crippen molar-refractivity contribution >= 4 is 11.6 Å². The van der Waals surface area contributed by atoms with Gasteiger partial charge in [-0.2, -0.15) is 0 Å². The average Bonchev–Trinajstić information content (AvgIpc) is 2.39. The molecule has 4 heteroatoms. The van der Waals surface area contributed by atoms with E-state index in [0.29, 0.717) is 16.8 Å². The van der Waals surface area contributed by atoms with Gasteiger partial charge in [-0.3, -0.25) is 4.79 Å². The number of benzene rings is 2. The van der Waals surface area contributed by atoms with E-state index in [9.17, 15) is 9.18 Å². The maximum absolute atomic E-state index is 13.1. The lowest BCUT2D eigenvalue weighted by Crippen LogP contribution is -2.27. The van der Waals surface area contributed by atoms with Gasteiger partial charge in [0.05, 0.1) is 11.6 Å². The fourth-order valence-electron chi connectivity index (χ4n) is 1.84. The number of para-hydroxylation sites is 1. The van der Waals surface area contributed by atoms with Crippen molar-refractivity contribution < 1.29 is 9.18 Å². The Balaban J connectivity index is 2.13. The predicted molar refractivity (Wildman–Crippen MR) is 73.1 cm³/mol. The molecule has 3 N–H and O–H groups in total. The maximum Gasteiger partial charge on any atom is 0.253 e. The summed E-state index contributed by atoms with van der Waals surface area (Å²) in [6, 6.07) is 12.7. The summed E-state index contributed by atoms with van der Waals surface area (Å²) in [6.07, 6.45) is 0. The second-order valence-corrected chi connectivity index (χ2v) is 4.34. The van der Waals surface area contributed by atoms with E-state index in [0.717, 1.165) is 0 Å². The Morgan fingerprint density at radius 2 is 1.95 bits per heavy atom. The van der Waals surface area contributed by atoms with Crippen LogP contribution in [0.4, 0.5) is 10.1 Å². The van der Waals surface area contributed by atoms with Crippen molar-refractivity contribution in [3.05, 3.63) is 65.5 Å². The monoisotopic (exact) mass is 258 g/mol. The molecule has 0 aliphatic carbocycles. The van der Waals surface area contributed by atoms with E-state index in [1.165, 1.54) is 12.1 Å². The summed E-state index contributed by atoms with van der Waals surface area (Å²) in [4.78, 5) is 12.0. The van der Waals surface area contributed by atoms with Crippen molar-refractivity contribution in [1.82, 2.24) is 5.32 Å². The predicted octanol–water partition coefficient (Wildman–Crippen LogP) is 2.90. The third-order valence-corrected chi connectivity index (χ3v) is 2.90. The van der Waals surface area contributed by atoms with E-state index in [1.54, 1.807) is 43.3 Å². The first kappa shape index (κ1) is 13.1. The number of hydrogen-bond donors (Lipinski definition) is 2. The molecule has 0 saturated carbocycles. The van der Waals surface area contributed by atoms with Crippen molar-refractivity contribution in [3.8, 4) is 0 Å². The molecule has 98 valence electrons.